The molecule has 0 bridgehead atoms. The van der Waals surface area contributed by atoms with E-state index >= 15 is 0 Å². The van der Waals surface area contributed by atoms with Crippen molar-refractivity contribution in [3.63, 3.8) is 0 Å². The molecule has 0 aromatic heterocycles. The lowest BCUT2D eigenvalue weighted by molar-refractivity contribution is -0.116. The summed E-state index contributed by atoms with van der Waals surface area (Å²) in [7, 11) is 2.14. The van der Waals surface area contributed by atoms with Crippen LogP contribution in [-0.4, -0.2) is 30.9 Å². The van der Waals surface area contributed by atoms with Crippen molar-refractivity contribution >= 4 is 11.6 Å². The van der Waals surface area contributed by atoms with Gasteiger partial charge in [-0.3, -0.25) is 4.79 Å². The zero-order chi connectivity index (χ0) is 15.1. The van der Waals surface area contributed by atoms with Gasteiger partial charge in [-0.2, -0.15) is 5.26 Å². The van der Waals surface area contributed by atoms with Crippen molar-refractivity contribution in [3.8, 4) is 6.07 Å². The molecule has 1 fully saturated rings. The summed E-state index contributed by atoms with van der Waals surface area (Å²) in [6.45, 7) is 2.13. The lowest BCUT2D eigenvalue weighted by Gasteiger charge is -2.30. The number of carbonyl (C=O) groups excluding carboxylic acids is 1. The third-order valence-electron chi connectivity index (χ3n) is 4.04. The van der Waals surface area contributed by atoms with Crippen molar-refractivity contribution in [3.05, 3.63) is 29.8 Å². The zero-order valence-electron chi connectivity index (χ0n) is 12.6. The summed E-state index contributed by atoms with van der Waals surface area (Å²) >= 11 is 0. The van der Waals surface area contributed by atoms with E-state index in [1.54, 1.807) is 24.3 Å². The Labute approximate surface area is 126 Å². The minimum absolute atomic E-state index is 0.0387. The molecule has 1 saturated carbocycles. The van der Waals surface area contributed by atoms with Gasteiger partial charge < -0.3 is 10.2 Å². The Hall–Kier alpha value is -1.86. The first kappa shape index (κ1) is 15.5. The first-order valence-corrected chi connectivity index (χ1v) is 7.66. The molecule has 0 unspecified atom stereocenters. The molecule has 0 atom stereocenters. The summed E-state index contributed by atoms with van der Waals surface area (Å²) in [5, 5.41) is 11.6. The molecule has 0 spiro atoms. The number of hydrogen-bond donors (Lipinski definition) is 1. The number of hydrogen-bond acceptors (Lipinski definition) is 3. The van der Waals surface area contributed by atoms with Gasteiger partial charge in [-0.1, -0.05) is 6.42 Å². The van der Waals surface area contributed by atoms with E-state index in [-0.39, 0.29) is 5.91 Å². The highest BCUT2D eigenvalue weighted by Gasteiger charge is 2.18. The number of benzene rings is 1. The fourth-order valence-electron chi connectivity index (χ4n) is 2.57. The fraction of sp³-hybridized carbons (Fsp3) is 0.529. The Balaban J connectivity index is 1.63. The average molecular weight is 285 g/mol. The van der Waals surface area contributed by atoms with Crippen LogP contribution in [0.25, 0.3) is 0 Å². The highest BCUT2D eigenvalue weighted by molar-refractivity contribution is 5.90. The van der Waals surface area contributed by atoms with Crippen LogP contribution < -0.4 is 5.32 Å². The van der Waals surface area contributed by atoms with Crippen LogP contribution in [0.15, 0.2) is 24.3 Å². The minimum atomic E-state index is 0.0387. The minimum Gasteiger partial charge on any atom is -0.326 e. The predicted octanol–water partition coefficient (Wildman–Crippen LogP) is 3.01. The van der Waals surface area contributed by atoms with Gasteiger partial charge in [0.2, 0.25) is 5.91 Å². The van der Waals surface area contributed by atoms with Crippen molar-refractivity contribution in [1.29, 1.82) is 5.26 Å². The van der Waals surface area contributed by atoms with E-state index < -0.39 is 0 Å². The molecule has 0 saturated heterocycles. The molecule has 4 nitrogen and oxygen atoms in total. The second-order valence-electron chi connectivity index (χ2n) is 5.90. The highest BCUT2D eigenvalue weighted by atomic mass is 16.1. The average Bonchev–Trinajstić information content (AvgIpc) is 2.44. The molecular weight excluding hydrogens is 262 g/mol. The Morgan fingerprint density at radius 2 is 2.10 bits per heavy atom. The Morgan fingerprint density at radius 3 is 2.67 bits per heavy atom. The van der Waals surface area contributed by atoms with E-state index in [4.69, 9.17) is 5.26 Å². The van der Waals surface area contributed by atoms with Crippen LogP contribution >= 0.6 is 0 Å². The molecule has 1 aliphatic carbocycles. The van der Waals surface area contributed by atoms with Gasteiger partial charge in [0, 0.05) is 18.7 Å². The highest BCUT2D eigenvalue weighted by Crippen LogP contribution is 2.26. The van der Waals surface area contributed by atoms with E-state index in [1.165, 1.54) is 19.3 Å². The Kier molecular flexibility index (Phi) is 5.77. The molecule has 0 aliphatic heterocycles. The van der Waals surface area contributed by atoms with Gasteiger partial charge >= 0.3 is 0 Å². The molecule has 1 N–H and O–H groups in total. The lowest BCUT2D eigenvalue weighted by atomic mass is 9.85. The number of carbonyl (C=O) groups is 1. The number of nitriles is 1. The van der Waals surface area contributed by atoms with Crippen LogP contribution in [0, 0.1) is 17.2 Å². The standard InChI is InChI=1S/C17H23N3O/c1-20(13-15-4-2-5-15)11-3-6-17(21)19-16-9-7-14(12-18)8-10-16/h7-10,15H,2-6,11,13H2,1H3,(H,19,21). The van der Waals surface area contributed by atoms with Crippen molar-refractivity contribution in [2.45, 2.75) is 32.1 Å². The van der Waals surface area contributed by atoms with Crippen LogP contribution in [0.4, 0.5) is 5.69 Å². The molecule has 0 heterocycles. The first-order chi connectivity index (χ1) is 10.2. The Bertz CT molecular complexity index is 500. The van der Waals surface area contributed by atoms with Gasteiger partial charge in [0.25, 0.3) is 0 Å². The third kappa shape index (κ3) is 5.20. The maximum atomic E-state index is 11.8. The molecule has 112 valence electrons. The second-order valence-corrected chi connectivity index (χ2v) is 5.90. The van der Waals surface area contributed by atoms with Crippen LogP contribution in [-0.2, 0) is 4.79 Å². The number of rotatable bonds is 7. The normalized spacial score (nSPS) is 14.5. The SMILES string of the molecule is CN(CCCC(=O)Nc1ccc(C#N)cc1)CC1CCC1. The number of amides is 1. The monoisotopic (exact) mass is 285 g/mol. The van der Waals surface area contributed by atoms with E-state index in [2.05, 4.69) is 23.3 Å². The molecule has 0 radical (unpaired) electrons. The van der Waals surface area contributed by atoms with Gasteiger partial charge in [0.1, 0.15) is 0 Å². The predicted molar refractivity (Wildman–Crippen MR) is 83.9 cm³/mol. The topological polar surface area (TPSA) is 56.1 Å². The number of nitrogens with zero attached hydrogens (tertiary/aromatic N) is 2. The largest absolute Gasteiger partial charge is 0.326 e. The van der Waals surface area contributed by atoms with Gasteiger partial charge in [0.15, 0.2) is 0 Å². The quantitative estimate of drug-likeness (QED) is 0.838. The maximum Gasteiger partial charge on any atom is 0.224 e. The maximum absolute atomic E-state index is 11.8. The molecule has 4 heteroatoms. The summed E-state index contributed by atoms with van der Waals surface area (Å²) in [6, 6.07) is 9.01. The second kappa shape index (κ2) is 7.80. The van der Waals surface area contributed by atoms with Crippen LogP contribution in [0.5, 0.6) is 0 Å². The van der Waals surface area contributed by atoms with Gasteiger partial charge in [0.05, 0.1) is 11.6 Å². The van der Waals surface area contributed by atoms with Crippen molar-refractivity contribution in [1.82, 2.24) is 4.90 Å². The van der Waals surface area contributed by atoms with Crippen LogP contribution in [0.3, 0.4) is 0 Å². The fourth-order valence-corrected chi connectivity index (χ4v) is 2.57. The third-order valence-corrected chi connectivity index (χ3v) is 4.04. The van der Waals surface area contributed by atoms with Gasteiger partial charge in [-0.05, 0) is 63.0 Å². The lowest BCUT2D eigenvalue weighted by Crippen LogP contribution is -2.30. The van der Waals surface area contributed by atoms with E-state index in [9.17, 15) is 4.79 Å². The molecule has 1 amide bonds. The van der Waals surface area contributed by atoms with Crippen molar-refractivity contribution in [2.75, 3.05) is 25.5 Å². The van der Waals surface area contributed by atoms with Gasteiger partial charge in [-0.25, -0.2) is 0 Å². The number of nitrogens with one attached hydrogen (secondary N) is 1. The van der Waals surface area contributed by atoms with Gasteiger partial charge in [-0.15, -0.1) is 0 Å². The molecule has 2 rings (SSSR count). The molecule has 1 aliphatic rings. The summed E-state index contributed by atoms with van der Waals surface area (Å²) in [5.41, 5.74) is 1.35. The molecule has 1 aromatic carbocycles. The molecule has 21 heavy (non-hydrogen) atoms. The summed E-state index contributed by atoms with van der Waals surface area (Å²) in [5.74, 6) is 0.916. The summed E-state index contributed by atoms with van der Waals surface area (Å²) < 4.78 is 0. The summed E-state index contributed by atoms with van der Waals surface area (Å²) in [4.78, 5) is 14.2. The summed E-state index contributed by atoms with van der Waals surface area (Å²) in [6.07, 6.45) is 5.53. The smallest absolute Gasteiger partial charge is 0.224 e. The van der Waals surface area contributed by atoms with E-state index in [0.717, 1.165) is 31.1 Å². The van der Waals surface area contributed by atoms with E-state index in [0.29, 0.717) is 12.0 Å². The zero-order valence-corrected chi connectivity index (χ0v) is 12.6. The first-order valence-electron chi connectivity index (χ1n) is 7.66. The van der Waals surface area contributed by atoms with Crippen molar-refractivity contribution < 1.29 is 4.79 Å². The molecular formula is C17H23N3O. The van der Waals surface area contributed by atoms with Crippen LogP contribution in [0.2, 0.25) is 0 Å². The van der Waals surface area contributed by atoms with Crippen molar-refractivity contribution in [2.24, 2.45) is 5.92 Å². The molecule has 1 aromatic rings. The van der Waals surface area contributed by atoms with Crippen LogP contribution in [0.1, 0.15) is 37.7 Å². The Morgan fingerprint density at radius 1 is 1.38 bits per heavy atom. The number of anilines is 1. The van der Waals surface area contributed by atoms with E-state index in [1.807, 2.05) is 0 Å².